The van der Waals surface area contributed by atoms with Crippen molar-refractivity contribution in [2.75, 3.05) is 13.2 Å². The lowest BCUT2D eigenvalue weighted by molar-refractivity contribution is 0.274. The summed E-state index contributed by atoms with van der Waals surface area (Å²) in [5.74, 6) is 1.79. The van der Waals surface area contributed by atoms with Gasteiger partial charge < -0.3 is 9.05 Å². The summed E-state index contributed by atoms with van der Waals surface area (Å²) >= 11 is 5.33. The van der Waals surface area contributed by atoms with E-state index in [9.17, 15) is 0 Å². The predicted molar refractivity (Wildman–Crippen MR) is 74.3 cm³/mol. The van der Waals surface area contributed by atoms with E-state index in [1.807, 2.05) is 19.9 Å². The predicted octanol–water partition coefficient (Wildman–Crippen LogP) is 4.62. The van der Waals surface area contributed by atoms with E-state index in [-0.39, 0.29) is 0 Å². The van der Waals surface area contributed by atoms with Gasteiger partial charge in [0.2, 0.25) is 6.49 Å². The van der Waals surface area contributed by atoms with Crippen molar-refractivity contribution < 1.29 is 9.05 Å². The van der Waals surface area contributed by atoms with Crippen LogP contribution in [0.3, 0.4) is 0 Å². The van der Waals surface area contributed by atoms with E-state index in [0.717, 1.165) is 6.42 Å². The first-order chi connectivity index (χ1) is 7.68. The average molecular weight is 262 g/mol. The smallest absolute Gasteiger partial charge is 0.219 e. The quantitative estimate of drug-likeness (QED) is 0.343. The molecule has 0 amide bonds. The Labute approximate surface area is 105 Å². The summed E-state index contributed by atoms with van der Waals surface area (Å²) in [4.78, 5) is 0. The Balaban J connectivity index is 4.16. The highest BCUT2D eigenvalue weighted by molar-refractivity contribution is 8.11. The first kappa shape index (κ1) is 16.1. The van der Waals surface area contributed by atoms with E-state index in [0.29, 0.717) is 13.2 Å². The Morgan fingerprint density at radius 3 is 2.25 bits per heavy atom. The van der Waals surface area contributed by atoms with Crippen LogP contribution in [0.15, 0.2) is 17.6 Å². The van der Waals surface area contributed by atoms with Gasteiger partial charge in [-0.25, -0.2) is 0 Å². The number of allylic oxidation sites excluding steroid dienone is 1. The highest BCUT2D eigenvalue weighted by atomic mass is 32.5. The van der Waals surface area contributed by atoms with Gasteiger partial charge in [0, 0.05) is 5.82 Å². The van der Waals surface area contributed by atoms with E-state index in [1.165, 1.54) is 19.3 Å². The fourth-order valence-electron chi connectivity index (χ4n) is 1.20. The summed E-state index contributed by atoms with van der Waals surface area (Å²) in [5, 5.41) is 0. The topological polar surface area (TPSA) is 18.5 Å². The Bertz CT molecular complexity index is 260. The van der Waals surface area contributed by atoms with Gasteiger partial charge in [-0.2, -0.15) is 0 Å². The van der Waals surface area contributed by atoms with Gasteiger partial charge in [0.25, 0.3) is 0 Å². The summed E-state index contributed by atoms with van der Waals surface area (Å²) in [5.41, 5.74) is 3.10. The zero-order valence-corrected chi connectivity index (χ0v) is 12.3. The van der Waals surface area contributed by atoms with Crippen LogP contribution in [0.1, 0.15) is 46.5 Å². The highest BCUT2D eigenvalue weighted by Gasteiger charge is 2.12. The van der Waals surface area contributed by atoms with Crippen molar-refractivity contribution >= 4 is 18.3 Å². The average Bonchev–Trinajstić information content (AvgIpc) is 2.24. The molecular weight excluding hydrogens is 239 g/mol. The van der Waals surface area contributed by atoms with E-state index in [2.05, 4.69) is 12.7 Å². The first-order valence-corrected chi connectivity index (χ1v) is 8.70. The molecule has 0 fully saturated rings. The Hall–Kier alpha value is 0.0900. The van der Waals surface area contributed by atoms with Crippen molar-refractivity contribution in [3.8, 4) is 0 Å². The SMILES string of the molecule is CCCCCC=C=CP(=S)(OCC)OCC. The third-order valence-electron chi connectivity index (χ3n) is 1.92. The van der Waals surface area contributed by atoms with E-state index < -0.39 is 6.49 Å². The number of rotatable bonds is 9. The summed E-state index contributed by atoms with van der Waals surface area (Å²) in [6, 6.07) is 0. The minimum atomic E-state index is -2.21. The molecule has 0 unspecified atom stereocenters. The van der Waals surface area contributed by atoms with Gasteiger partial charge in [-0.05, 0) is 44.6 Å². The second-order valence-corrected chi connectivity index (χ2v) is 6.75. The molecule has 0 aromatic carbocycles. The molecule has 0 aliphatic heterocycles. The summed E-state index contributed by atoms with van der Waals surface area (Å²) < 4.78 is 10.9. The summed E-state index contributed by atoms with van der Waals surface area (Å²) in [6.07, 6.45) is 6.80. The van der Waals surface area contributed by atoms with Gasteiger partial charge in [-0.3, -0.25) is 0 Å². The maximum atomic E-state index is 5.46. The second-order valence-electron chi connectivity index (χ2n) is 3.37. The van der Waals surface area contributed by atoms with E-state index in [4.69, 9.17) is 20.9 Å². The molecule has 0 aromatic heterocycles. The molecule has 0 aromatic rings. The van der Waals surface area contributed by atoms with Crippen molar-refractivity contribution in [3.05, 3.63) is 17.6 Å². The van der Waals surface area contributed by atoms with Crippen LogP contribution in [0, 0.1) is 0 Å². The normalized spacial score (nSPS) is 10.9. The number of hydrogen-bond donors (Lipinski definition) is 0. The van der Waals surface area contributed by atoms with Crippen LogP contribution in [0.25, 0.3) is 0 Å². The molecule has 0 aliphatic rings. The third-order valence-corrected chi connectivity index (χ3v) is 4.57. The molecule has 16 heavy (non-hydrogen) atoms. The molecule has 0 saturated carbocycles. The minimum Gasteiger partial charge on any atom is -0.326 e. The molecule has 94 valence electrons. The van der Waals surface area contributed by atoms with Crippen molar-refractivity contribution in [2.24, 2.45) is 0 Å². The Kier molecular flexibility index (Phi) is 10.3. The van der Waals surface area contributed by atoms with Crippen LogP contribution in [0.4, 0.5) is 0 Å². The van der Waals surface area contributed by atoms with Crippen molar-refractivity contribution in [3.63, 3.8) is 0 Å². The van der Waals surface area contributed by atoms with Crippen LogP contribution < -0.4 is 0 Å². The molecule has 4 heteroatoms. The van der Waals surface area contributed by atoms with Crippen LogP contribution in [-0.2, 0) is 20.9 Å². The van der Waals surface area contributed by atoms with Gasteiger partial charge in [0.15, 0.2) is 0 Å². The molecule has 2 nitrogen and oxygen atoms in total. The molecule has 0 saturated heterocycles. The largest absolute Gasteiger partial charge is 0.326 e. The third kappa shape index (κ3) is 8.27. The van der Waals surface area contributed by atoms with Crippen LogP contribution >= 0.6 is 6.49 Å². The number of hydrogen-bond acceptors (Lipinski definition) is 3. The maximum absolute atomic E-state index is 5.46. The van der Waals surface area contributed by atoms with E-state index in [1.54, 1.807) is 5.82 Å². The summed E-state index contributed by atoms with van der Waals surface area (Å²) in [6.45, 7) is 5.03. The molecule has 0 aliphatic carbocycles. The van der Waals surface area contributed by atoms with Gasteiger partial charge >= 0.3 is 0 Å². The fourth-order valence-corrected chi connectivity index (χ4v) is 3.24. The molecular formula is C12H23O2PS. The first-order valence-electron chi connectivity index (χ1n) is 5.99. The van der Waals surface area contributed by atoms with Gasteiger partial charge in [-0.1, -0.05) is 19.8 Å². The van der Waals surface area contributed by atoms with Crippen LogP contribution in [0.5, 0.6) is 0 Å². The van der Waals surface area contributed by atoms with Gasteiger partial charge in [-0.15, -0.1) is 5.73 Å². The van der Waals surface area contributed by atoms with E-state index >= 15 is 0 Å². The highest BCUT2D eigenvalue weighted by Crippen LogP contribution is 2.49. The monoisotopic (exact) mass is 262 g/mol. The Morgan fingerprint density at radius 2 is 1.75 bits per heavy atom. The zero-order chi connectivity index (χ0) is 12.3. The Morgan fingerprint density at radius 1 is 1.12 bits per heavy atom. The van der Waals surface area contributed by atoms with Crippen molar-refractivity contribution in [1.29, 1.82) is 0 Å². The lowest BCUT2D eigenvalue weighted by Crippen LogP contribution is -1.91. The lowest BCUT2D eigenvalue weighted by atomic mass is 10.2. The molecule has 0 atom stereocenters. The van der Waals surface area contributed by atoms with Gasteiger partial charge in [0.05, 0.1) is 13.2 Å². The fraction of sp³-hybridized carbons (Fsp3) is 0.750. The minimum absolute atomic E-state index is 0.589. The maximum Gasteiger partial charge on any atom is 0.219 e. The molecule has 0 bridgehead atoms. The van der Waals surface area contributed by atoms with Crippen molar-refractivity contribution in [2.45, 2.75) is 46.5 Å². The van der Waals surface area contributed by atoms with Gasteiger partial charge in [0.1, 0.15) is 0 Å². The lowest BCUT2D eigenvalue weighted by Gasteiger charge is -2.15. The zero-order valence-electron chi connectivity index (χ0n) is 10.6. The molecule has 0 heterocycles. The van der Waals surface area contributed by atoms with Crippen LogP contribution in [-0.4, -0.2) is 13.2 Å². The molecule has 0 N–H and O–H groups in total. The van der Waals surface area contributed by atoms with Crippen LogP contribution in [0.2, 0.25) is 0 Å². The molecule has 0 radical (unpaired) electrons. The van der Waals surface area contributed by atoms with Crippen molar-refractivity contribution in [1.82, 2.24) is 0 Å². The standard InChI is InChI=1S/C12H23O2PS/c1-4-7-8-9-10-11-12-15(16,13-5-2)14-6-3/h10,12H,4-9H2,1-3H3. The second kappa shape index (κ2) is 10.3. The summed E-state index contributed by atoms with van der Waals surface area (Å²) in [7, 11) is 0. The number of unbranched alkanes of at least 4 members (excludes halogenated alkanes) is 3. The molecule has 0 rings (SSSR count). The molecule has 0 spiro atoms.